The Hall–Kier alpha value is -4.30. The van der Waals surface area contributed by atoms with Gasteiger partial charge in [-0.3, -0.25) is 0 Å². The predicted molar refractivity (Wildman–Crippen MR) is 162 cm³/mol. The zero-order chi connectivity index (χ0) is 36.2. The third-order valence-corrected chi connectivity index (χ3v) is 7.92. The van der Waals surface area contributed by atoms with Crippen LogP contribution in [0.25, 0.3) is 22.3 Å². The Morgan fingerprint density at radius 1 is 0.680 bits per heavy atom. The highest BCUT2D eigenvalue weighted by molar-refractivity contribution is 5.72. The molecule has 0 aromatic heterocycles. The van der Waals surface area contributed by atoms with E-state index in [1.54, 1.807) is 0 Å². The molecule has 4 aromatic rings. The van der Waals surface area contributed by atoms with Crippen LogP contribution in [0.3, 0.4) is 0 Å². The summed E-state index contributed by atoms with van der Waals surface area (Å²) < 4.78 is 161. The van der Waals surface area contributed by atoms with Crippen molar-refractivity contribution >= 4 is 0 Å². The van der Waals surface area contributed by atoms with E-state index in [4.69, 9.17) is 9.47 Å². The van der Waals surface area contributed by atoms with Gasteiger partial charge < -0.3 is 18.9 Å². The predicted octanol–water partition coefficient (Wildman–Crippen LogP) is 11.0. The highest BCUT2D eigenvalue weighted by Crippen LogP contribution is 2.38. The number of hydrogen-bond acceptors (Lipinski definition) is 4. The summed E-state index contributed by atoms with van der Waals surface area (Å²) in [6.07, 6.45) is -5.92. The quantitative estimate of drug-likeness (QED) is 0.108. The molecule has 5 rings (SSSR count). The molecule has 4 aromatic carbocycles. The molecule has 0 amide bonds. The van der Waals surface area contributed by atoms with Crippen LogP contribution in [0.4, 0.5) is 43.9 Å². The Balaban J connectivity index is 1.26. The number of alkyl halides is 5. The molecule has 0 spiro atoms. The van der Waals surface area contributed by atoms with Crippen molar-refractivity contribution in [3.8, 4) is 33.8 Å². The normalized spacial score (nSPS) is 16.8. The molecule has 0 unspecified atom stereocenters. The summed E-state index contributed by atoms with van der Waals surface area (Å²) in [5.41, 5.74) is -2.06. The first-order chi connectivity index (χ1) is 23.6. The average molecular weight is 717 g/mol. The SMILES string of the molecule is CCCCCC1COC(c2ccc(C(F)(F)Oc3ccc(-c4ccc(-c5cc(F)c(OCC(F)(F)F)c(F)c5)c(F)c4)c(F)c3)c(F)c2)OC1. The van der Waals surface area contributed by atoms with Gasteiger partial charge in [-0.15, -0.1) is 0 Å². The van der Waals surface area contributed by atoms with Gasteiger partial charge in [0.05, 0.1) is 18.8 Å². The van der Waals surface area contributed by atoms with Crippen molar-refractivity contribution in [3.05, 3.63) is 107 Å². The maximum atomic E-state index is 15.1. The average Bonchev–Trinajstić information content (AvgIpc) is 3.04. The molecule has 0 saturated carbocycles. The summed E-state index contributed by atoms with van der Waals surface area (Å²) in [6.45, 7) is 0.909. The van der Waals surface area contributed by atoms with Gasteiger partial charge >= 0.3 is 12.3 Å². The smallest absolute Gasteiger partial charge is 0.429 e. The molecule has 1 aliphatic rings. The lowest BCUT2D eigenvalue weighted by Gasteiger charge is -2.30. The zero-order valence-electron chi connectivity index (χ0n) is 26.4. The Morgan fingerprint density at radius 2 is 1.30 bits per heavy atom. The molecule has 268 valence electrons. The number of rotatable bonds is 12. The zero-order valence-corrected chi connectivity index (χ0v) is 26.4. The van der Waals surface area contributed by atoms with Crippen LogP contribution >= 0.6 is 0 Å². The third kappa shape index (κ3) is 8.88. The molecule has 4 nitrogen and oxygen atoms in total. The Kier molecular flexibility index (Phi) is 11.3. The fraction of sp³-hybridized carbons (Fsp3) is 0.333. The van der Waals surface area contributed by atoms with E-state index in [-0.39, 0.29) is 33.7 Å². The van der Waals surface area contributed by atoms with Crippen molar-refractivity contribution in [2.24, 2.45) is 5.92 Å². The first-order valence-corrected chi connectivity index (χ1v) is 15.5. The van der Waals surface area contributed by atoms with Gasteiger partial charge in [0.25, 0.3) is 0 Å². The molecule has 1 fully saturated rings. The molecule has 50 heavy (non-hydrogen) atoms. The molecule has 14 heteroatoms. The minimum Gasteiger partial charge on any atom is -0.478 e. The highest BCUT2D eigenvalue weighted by atomic mass is 19.4. The topological polar surface area (TPSA) is 36.9 Å². The minimum atomic E-state index is -4.86. The van der Waals surface area contributed by atoms with Crippen LogP contribution in [-0.2, 0) is 15.6 Å². The number of hydrogen-bond donors (Lipinski definition) is 0. The lowest BCUT2D eigenvalue weighted by atomic mass is 9.99. The molecular weight excluding hydrogens is 686 g/mol. The molecule has 0 radical (unpaired) electrons. The summed E-state index contributed by atoms with van der Waals surface area (Å²) >= 11 is 0. The van der Waals surface area contributed by atoms with Crippen molar-refractivity contribution in [1.82, 2.24) is 0 Å². The summed E-state index contributed by atoms with van der Waals surface area (Å²) in [7, 11) is 0. The van der Waals surface area contributed by atoms with Gasteiger partial charge in [-0.25, -0.2) is 22.0 Å². The van der Waals surface area contributed by atoms with Gasteiger partial charge in [0, 0.05) is 28.7 Å². The van der Waals surface area contributed by atoms with E-state index in [0.717, 1.165) is 62.1 Å². The number of ether oxygens (including phenoxy) is 4. The van der Waals surface area contributed by atoms with E-state index in [1.807, 2.05) is 0 Å². The molecule has 0 aliphatic carbocycles. The number of benzene rings is 4. The first-order valence-electron chi connectivity index (χ1n) is 15.5. The van der Waals surface area contributed by atoms with Gasteiger partial charge in [0.1, 0.15) is 23.2 Å². The molecule has 1 saturated heterocycles. The van der Waals surface area contributed by atoms with Crippen molar-refractivity contribution in [2.45, 2.75) is 51.2 Å². The van der Waals surface area contributed by atoms with Crippen molar-refractivity contribution < 1.29 is 62.9 Å². The third-order valence-electron chi connectivity index (χ3n) is 7.92. The van der Waals surface area contributed by atoms with Gasteiger partial charge in [-0.1, -0.05) is 44.4 Å². The molecular formula is C36H30F10O4. The maximum Gasteiger partial charge on any atom is 0.429 e. The van der Waals surface area contributed by atoms with Crippen LogP contribution in [0.1, 0.15) is 50.0 Å². The minimum absolute atomic E-state index is 0.103. The maximum absolute atomic E-state index is 15.1. The van der Waals surface area contributed by atoms with E-state index < -0.39 is 71.3 Å². The van der Waals surface area contributed by atoms with Crippen LogP contribution in [0, 0.1) is 35.0 Å². The van der Waals surface area contributed by atoms with Crippen LogP contribution < -0.4 is 9.47 Å². The van der Waals surface area contributed by atoms with E-state index in [2.05, 4.69) is 16.4 Å². The standard InChI is InChI=1S/C36H30F10O4/c1-2-3-4-5-20-17-47-34(48-18-20)22-7-11-27(30(39)13-22)36(45,46)50-24-8-10-25(29(38)16-24)21-6-9-26(28(37)12-21)23-14-31(40)33(32(41)15-23)49-19-35(42,43)44/h6-16,20,34H,2-5,17-19H2,1H3. The molecule has 1 aliphatic heterocycles. The molecule has 1 heterocycles. The Labute approximate surface area is 280 Å². The molecule has 0 N–H and O–H groups in total. The summed E-state index contributed by atoms with van der Waals surface area (Å²) in [5.74, 6) is -8.33. The highest BCUT2D eigenvalue weighted by Gasteiger charge is 2.38. The second kappa shape index (κ2) is 15.3. The van der Waals surface area contributed by atoms with Crippen LogP contribution in [-0.4, -0.2) is 26.0 Å². The van der Waals surface area contributed by atoms with Crippen LogP contribution in [0.5, 0.6) is 11.5 Å². The van der Waals surface area contributed by atoms with Crippen LogP contribution in [0.2, 0.25) is 0 Å². The van der Waals surface area contributed by atoms with Gasteiger partial charge in [0.2, 0.25) is 0 Å². The first kappa shape index (κ1) is 37.0. The van der Waals surface area contributed by atoms with Gasteiger partial charge in [0.15, 0.2) is 30.3 Å². The van der Waals surface area contributed by atoms with E-state index in [9.17, 15) is 26.3 Å². The second-order valence-corrected chi connectivity index (χ2v) is 11.7. The van der Waals surface area contributed by atoms with E-state index >= 15 is 17.6 Å². The Bertz CT molecular complexity index is 1780. The monoisotopic (exact) mass is 716 g/mol. The fourth-order valence-corrected chi connectivity index (χ4v) is 5.42. The number of unbranched alkanes of at least 4 members (excludes halogenated alkanes) is 2. The lowest BCUT2D eigenvalue weighted by molar-refractivity contribution is -0.206. The van der Waals surface area contributed by atoms with Crippen LogP contribution in [0.15, 0.2) is 66.7 Å². The van der Waals surface area contributed by atoms with E-state index in [1.165, 1.54) is 12.1 Å². The lowest BCUT2D eigenvalue weighted by Crippen LogP contribution is -2.27. The summed E-state index contributed by atoms with van der Waals surface area (Å²) in [6, 6.07) is 9.59. The van der Waals surface area contributed by atoms with Gasteiger partial charge in [-0.05, 0) is 60.0 Å². The van der Waals surface area contributed by atoms with Crippen molar-refractivity contribution in [1.29, 1.82) is 0 Å². The van der Waals surface area contributed by atoms with E-state index in [0.29, 0.717) is 31.4 Å². The Morgan fingerprint density at radius 3 is 1.90 bits per heavy atom. The number of halogens is 10. The summed E-state index contributed by atoms with van der Waals surface area (Å²) in [4.78, 5) is 0. The second-order valence-electron chi connectivity index (χ2n) is 11.7. The summed E-state index contributed by atoms with van der Waals surface area (Å²) in [5, 5.41) is 0. The molecule has 0 bridgehead atoms. The van der Waals surface area contributed by atoms with Crippen molar-refractivity contribution in [3.63, 3.8) is 0 Å². The fourth-order valence-electron chi connectivity index (χ4n) is 5.42. The molecule has 0 atom stereocenters. The largest absolute Gasteiger partial charge is 0.478 e. The van der Waals surface area contributed by atoms with Gasteiger partial charge in [-0.2, -0.15) is 22.0 Å². The van der Waals surface area contributed by atoms with Crippen molar-refractivity contribution in [2.75, 3.05) is 19.8 Å².